The van der Waals surface area contributed by atoms with Crippen molar-refractivity contribution >= 4 is 29.0 Å². The molecule has 3 N–H and O–H groups in total. The van der Waals surface area contributed by atoms with Gasteiger partial charge >= 0.3 is 0 Å². The largest absolute Gasteiger partial charge is 0.373 e. The van der Waals surface area contributed by atoms with Crippen LogP contribution in [0.1, 0.15) is 12.8 Å². The van der Waals surface area contributed by atoms with E-state index >= 15 is 0 Å². The number of carbonyl (C=O) groups excluding carboxylic acids is 1. The van der Waals surface area contributed by atoms with E-state index in [0.29, 0.717) is 18.8 Å². The van der Waals surface area contributed by atoms with Crippen LogP contribution in [0.5, 0.6) is 0 Å². The second kappa shape index (κ2) is 5.67. The molecule has 1 spiro atoms. The molecule has 0 aliphatic carbocycles. The van der Waals surface area contributed by atoms with E-state index in [9.17, 15) is 4.79 Å². The van der Waals surface area contributed by atoms with Crippen molar-refractivity contribution in [2.45, 2.75) is 18.4 Å². The molecule has 2 aliphatic heterocycles. The first-order valence-corrected chi connectivity index (χ1v) is 8.15. The summed E-state index contributed by atoms with van der Waals surface area (Å²) in [5, 5.41) is 9.52. The monoisotopic (exact) mass is 324 g/mol. The Balaban J connectivity index is 1.52. The Morgan fingerprint density at radius 1 is 1.17 bits per heavy atom. The van der Waals surface area contributed by atoms with Gasteiger partial charge in [0.15, 0.2) is 0 Å². The van der Waals surface area contributed by atoms with Gasteiger partial charge in [0.1, 0.15) is 11.4 Å². The highest BCUT2D eigenvalue weighted by molar-refractivity contribution is 6.06. The third-order valence-electron chi connectivity index (χ3n) is 4.78. The zero-order valence-corrected chi connectivity index (χ0v) is 13.5. The highest BCUT2D eigenvalue weighted by Gasteiger charge is 2.44. The number of amides is 1. The third kappa shape index (κ3) is 2.42. The topological polar surface area (TPSA) is 82.2 Å². The van der Waals surface area contributed by atoms with Crippen molar-refractivity contribution in [1.29, 1.82) is 0 Å². The van der Waals surface area contributed by atoms with Gasteiger partial charge in [-0.05, 0) is 31.0 Å². The molecule has 1 aromatic heterocycles. The van der Waals surface area contributed by atoms with Crippen molar-refractivity contribution < 1.29 is 4.79 Å². The van der Waals surface area contributed by atoms with Crippen LogP contribution < -0.4 is 20.9 Å². The first-order valence-electron chi connectivity index (χ1n) is 8.15. The number of carbonyl (C=O) groups is 1. The first kappa shape index (κ1) is 14.7. The van der Waals surface area contributed by atoms with Crippen LogP contribution in [0, 0.1) is 0 Å². The van der Waals surface area contributed by atoms with Gasteiger partial charge in [-0.2, -0.15) is 4.98 Å². The maximum atomic E-state index is 12.6. The molecule has 2 aliphatic rings. The van der Waals surface area contributed by atoms with Crippen LogP contribution in [0.2, 0.25) is 0 Å². The number of benzene rings is 1. The van der Waals surface area contributed by atoms with Crippen molar-refractivity contribution in [3.05, 3.63) is 36.5 Å². The molecule has 1 fully saturated rings. The average Bonchev–Trinajstić information content (AvgIpc) is 2.63. The number of fused-ring (bicyclic) bond motifs is 1. The number of nitrogens with zero attached hydrogens (tertiary/aromatic N) is 3. The molecule has 0 radical (unpaired) electrons. The maximum Gasteiger partial charge on any atom is 0.250 e. The maximum absolute atomic E-state index is 12.6. The Hall–Kier alpha value is -2.83. The van der Waals surface area contributed by atoms with Crippen molar-refractivity contribution in [2.24, 2.45) is 0 Å². The minimum atomic E-state index is -0.550. The molecule has 1 saturated heterocycles. The summed E-state index contributed by atoms with van der Waals surface area (Å²) < 4.78 is 0. The quantitative estimate of drug-likeness (QED) is 0.783. The van der Waals surface area contributed by atoms with Crippen LogP contribution in [-0.4, -0.2) is 41.6 Å². The third-order valence-corrected chi connectivity index (χ3v) is 4.78. The number of anilines is 4. The van der Waals surface area contributed by atoms with Gasteiger partial charge in [-0.3, -0.25) is 4.79 Å². The van der Waals surface area contributed by atoms with Crippen LogP contribution in [0.25, 0.3) is 0 Å². The molecule has 0 atom stereocenters. The number of piperidine rings is 1. The van der Waals surface area contributed by atoms with Gasteiger partial charge in [0, 0.05) is 26.3 Å². The molecule has 0 bridgehead atoms. The van der Waals surface area contributed by atoms with Crippen LogP contribution in [0.3, 0.4) is 0 Å². The summed E-state index contributed by atoms with van der Waals surface area (Å²) in [6, 6.07) is 9.65. The minimum Gasteiger partial charge on any atom is -0.373 e. The SMILES string of the molecule is CNc1ccnc(N2CCC3(CC2)Nc2ccccc2NC3=O)n1. The Morgan fingerprint density at radius 2 is 1.92 bits per heavy atom. The van der Waals surface area contributed by atoms with Gasteiger partial charge in [-0.1, -0.05) is 12.1 Å². The standard InChI is InChI=1S/C17H20N6O/c1-18-14-6-9-19-16(21-14)23-10-7-17(8-11-23)15(24)20-12-4-2-3-5-13(12)22-17/h2-6,9,22H,7-8,10-11H2,1H3,(H,20,24)(H,18,19,21). The molecule has 124 valence electrons. The summed E-state index contributed by atoms with van der Waals surface area (Å²) in [7, 11) is 1.84. The lowest BCUT2D eigenvalue weighted by Gasteiger charge is -2.44. The predicted octanol–water partition coefficient (Wildman–Crippen LogP) is 1.92. The molecule has 3 heterocycles. The fraction of sp³-hybridized carbons (Fsp3) is 0.353. The van der Waals surface area contributed by atoms with E-state index in [-0.39, 0.29) is 5.91 Å². The van der Waals surface area contributed by atoms with E-state index in [0.717, 1.165) is 30.3 Å². The van der Waals surface area contributed by atoms with E-state index < -0.39 is 5.54 Å². The molecule has 7 heteroatoms. The smallest absolute Gasteiger partial charge is 0.250 e. The first-order chi connectivity index (χ1) is 11.7. The number of aromatic nitrogens is 2. The summed E-state index contributed by atoms with van der Waals surface area (Å²) >= 11 is 0. The second-order valence-corrected chi connectivity index (χ2v) is 6.19. The summed E-state index contributed by atoms with van der Waals surface area (Å²) in [5.41, 5.74) is 1.28. The fourth-order valence-electron chi connectivity index (χ4n) is 3.34. The Labute approximate surface area is 140 Å². The van der Waals surface area contributed by atoms with Gasteiger partial charge in [0.2, 0.25) is 11.9 Å². The van der Waals surface area contributed by atoms with E-state index in [1.807, 2.05) is 37.4 Å². The molecule has 0 unspecified atom stereocenters. The highest BCUT2D eigenvalue weighted by Crippen LogP contribution is 2.36. The molecule has 7 nitrogen and oxygen atoms in total. The second-order valence-electron chi connectivity index (χ2n) is 6.19. The Kier molecular flexibility index (Phi) is 3.48. The van der Waals surface area contributed by atoms with Gasteiger partial charge < -0.3 is 20.9 Å². The van der Waals surface area contributed by atoms with Gasteiger partial charge in [-0.15, -0.1) is 0 Å². The lowest BCUT2D eigenvalue weighted by molar-refractivity contribution is -0.121. The number of nitrogens with one attached hydrogen (secondary N) is 3. The molecule has 1 amide bonds. The number of rotatable bonds is 2. The predicted molar refractivity (Wildman–Crippen MR) is 94.5 cm³/mol. The van der Waals surface area contributed by atoms with Crippen LogP contribution in [0.15, 0.2) is 36.5 Å². The molecular formula is C17H20N6O. The summed E-state index contributed by atoms with van der Waals surface area (Å²) in [5.74, 6) is 1.54. The zero-order valence-electron chi connectivity index (χ0n) is 13.5. The number of hydrogen-bond donors (Lipinski definition) is 3. The molecule has 4 rings (SSSR count). The Morgan fingerprint density at radius 3 is 2.67 bits per heavy atom. The number of para-hydroxylation sites is 2. The molecule has 1 aromatic carbocycles. The zero-order chi connectivity index (χ0) is 16.6. The molecule has 0 saturated carbocycles. The summed E-state index contributed by atoms with van der Waals surface area (Å²) in [6.07, 6.45) is 3.17. The van der Waals surface area contributed by atoms with Gasteiger partial charge in [0.25, 0.3) is 0 Å². The molecule has 2 aromatic rings. The lowest BCUT2D eigenvalue weighted by Crippen LogP contribution is -2.58. The molecule has 24 heavy (non-hydrogen) atoms. The van der Waals surface area contributed by atoms with Crippen LogP contribution in [-0.2, 0) is 4.79 Å². The van der Waals surface area contributed by atoms with Gasteiger partial charge in [0.05, 0.1) is 11.4 Å². The summed E-state index contributed by atoms with van der Waals surface area (Å²) in [6.45, 7) is 1.46. The van der Waals surface area contributed by atoms with E-state index in [2.05, 4.69) is 30.8 Å². The van der Waals surface area contributed by atoms with Crippen LogP contribution in [0.4, 0.5) is 23.1 Å². The van der Waals surface area contributed by atoms with Crippen molar-refractivity contribution in [3.63, 3.8) is 0 Å². The van der Waals surface area contributed by atoms with Crippen LogP contribution >= 0.6 is 0 Å². The summed E-state index contributed by atoms with van der Waals surface area (Å²) in [4.78, 5) is 23.6. The van der Waals surface area contributed by atoms with E-state index in [1.54, 1.807) is 6.20 Å². The lowest BCUT2D eigenvalue weighted by atomic mass is 9.84. The molecular weight excluding hydrogens is 304 g/mol. The van der Waals surface area contributed by atoms with E-state index in [4.69, 9.17) is 0 Å². The fourth-order valence-corrected chi connectivity index (χ4v) is 3.34. The van der Waals surface area contributed by atoms with Gasteiger partial charge in [-0.25, -0.2) is 4.98 Å². The van der Waals surface area contributed by atoms with E-state index in [1.165, 1.54) is 0 Å². The van der Waals surface area contributed by atoms with Crippen molar-refractivity contribution in [2.75, 3.05) is 41.0 Å². The number of hydrogen-bond acceptors (Lipinski definition) is 6. The average molecular weight is 324 g/mol. The van der Waals surface area contributed by atoms with Crippen molar-refractivity contribution in [1.82, 2.24) is 9.97 Å². The minimum absolute atomic E-state index is 0.0470. The highest BCUT2D eigenvalue weighted by atomic mass is 16.2. The normalized spacial score (nSPS) is 18.5. The van der Waals surface area contributed by atoms with Crippen molar-refractivity contribution in [3.8, 4) is 0 Å². The Bertz CT molecular complexity index is 769.